The van der Waals surface area contributed by atoms with Crippen LogP contribution >= 0.6 is 0 Å². The summed E-state index contributed by atoms with van der Waals surface area (Å²) in [6.45, 7) is 7.09. The monoisotopic (exact) mass is 309 g/mol. The Balaban J connectivity index is 2.05. The van der Waals surface area contributed by atoms with Gasteiger partial charge in [0.1, 0.15) is 11.4 Å². The zero-order chi connectivity index (χ0) is 16.4. The lowest BCUT2D eigenvalue weighted by Gasteiger charge is -2.41. The Labute approximate surface area is 130 Å². The Morgan fingerprint density at radius 1 is 1.41 bits per heavy atom. The van der Waals surface area contributed by atoms with E-state index in [-0.39, 0.29) is 17.3 Å². The van der Waals surface area contributed by atoms with Gasteiger partial charge in [0.15, 0.2) is 0 Å². The Morgan fingerprint density at radius 2 is 2.05 bits per heavy atom. The molecule has 6 heteroatoms. The van der Waals surface area contributed by atoms with Crippen molar-refractivity contribution in [1.29, 1.82) is 0 Å². The van der Waals surface area contributed by atoms with Crippen LogP contribution in [0.5, 0.6) is 0 Å². The standard InChI is InChI=1S/C16H24FN3O2/c1-15(2,3)22-14(21)20-8-6-16(11-18,7-9-20)13-5-4-12(17)10-19-13/h4-5,10H,6-9,11,18H2,1-3H3. The lowest BCUT2D eigenvalue weighted by Crippen LogP contribution is -2.49. The number of halogens is 1. The van der Waals surface area contributed by atoms with Gasteiger partial charge in [-0.05, 0) is 45.7 Å². The number of hydrogen-bond donors (Lipinski definition) is 1. The fourth-order valence-electron chi connectivity index (χ4n) is 2.70. The number of amides is 1. The van der Waals surface area contributed by atoms with Crippen molar-refractivity contribution in [2.75, 3.05) is 19.6 Å². The maximum Gasteiger partial charge on any atom is 0.410 e. The fourth-order valence-corrected chi connectivity index (χ4v) is 2.70. The number of nitrogens with zero attached hydrogens (tertiary/aromatic N) is 2. The molecule has 0 saturated carbocycles. The highest BCUT2D eigenvalue weighted by atomic mass is 19.1. The predicted molar refractivity (Wildman–Crippen MR) is 82.0 cm³/mol. The van der Waals surface area contributed by atoms with Crippen molar-refractivity contribution in [3.05, 3.63) is 29.8 Å². The van der Waals surface area contributed by atoms with E-state index in [0.29, 0.717) is 32.5 Å². The third-order valence-electron chi connectivity index (χ3n) is 4.03. The van der Waals surface area contributed by atoms with E-state index in [2.05, 4.69) is 4.98 Å². The van der Waals surface area contributed by atoms with Crippen molar-refractivity contribution in [2.24, 2.45) is 5.73 Å². The van der Waals surface area contributed by atoms with Crippen LogP contribution in [0.3, 0.4) is 0 Å². The van der Waals surface area contributed by atoms with Crippen LogP contribution < -0.4 is 5.73 Å². The number of likely N-dealkylation sites (tertiary alicyclic amines) is 1. The molecule has 1 amide bonds. The van der Waals surface area contributed by atoms with E-state index in [9.17, 15) is 9.18 Å². The lowest BCUT2D eigenvalue weighted by atomic mass is 9.75. The van der Waals surface area contributed by atoms with E-state index in [0.717, 1.165) is 5.69 Å². The molecule has 1 aromatic rings. The first-order valence-electron chi connectivity index (χ1n) is 7.56. The number of ether oxygens (including phenoxy) is 1. The largest absolute Gasteiger partial charge is 0.444 e. The minimum atomic E-state index is -0.502. The highest BCUT2D eigenvalue weighted by Gasteiger charge is 2.38. The van der Waals surface area contributed by atoms with E-state index in [1.165, 1.54) is 12.3 Å². The molecule has 1 aromatic heterocycles. The highest BCUT2D eigenvalue weighted by molar-refractivity contribution is 5.68. The molecule has 0 atom stereocenters. The molecule has 2 N–H and O–H groups in total. The van der Waals surface area contributed by atoms with Crippen LogP contribution in [0, 0.1) is 5.82 Å². The summed E-state index contributed by atoms with van der Waals surface area (Å²) in [4.78, 5) is 18.0. The van der Waals surface area contributed by atoms with E-state index in [4.69, 9.17) is 10.5 Å². The molecule has 22 heavy (non-hydrogen) atoms. The molecule has 0 bridgehead atoms. The third-order valence-corrected chi connectivity index (χ3v) is 4.03. The number of hydrogen-bond acceptors (Lipinski definition) is 4. The molecule has 2 rings (SSSR count). The van der Waals surface area contributed by atoms with Crippen molar-refractivity contribution in [3.63, 3.8) is 0 Å². The second kappa shape index (κ2) is 6.20. The summed E-state index contributed by atoms with van der Waals surface area (Å²) in [5, 5.41) is 0. The molecule has 1 aliphatic heterocycles. The fraction of sp³-hybridized carbons (Fsp3) is 0.625. The lowest BCUT2D eigenvalue weighted by molar-refractivity contribution is 0.0165. The molecule has 122 valence electrons. The van der Waals surface area contributed by atoms with Crippen LogP contribution in [0.15, 0.2) is 18.3 Å². The first-order valence-corrected chi connectivity index (χ1v) is 7.56. The molecule has 0 radical (unpaired) electrons. The summed E-state index contributed by atoms with van der Waals surface area (Å²) in [5.74, 6) is -0.359. The summed E-state index contributed by atoms with van der Waals surface area (Å²) >= 11 is 0. The number of pyridine rings is 1. The van der Waals surface area contributed by atoms with Crippen molar-refractivity contribution >= 4 is 6.09 Å². The van der Waals surface area contributed by atoms with Crippen molar-refractivity contribution < 1.29 is 13.9 Å². The Kier molecular flexibility index (Phi) is 4.70. The van der Waals surface area contributed by atoms with Gasteiger partial charge in [0.25, 0.3) is 0 Å². The van der Waals surface area contributed by atoms with Crippen LogP contribution in [0.4, 0.5) is 9.18 Å². The van der Waals surface area contributed by atoms with Crippen molar-refractivity contribution in [1.82, 2.24) is 9.88 Å². The van der Waals surface area contributed by atoms with Gasteiger partial charge in [0.2, 0.25) is 0 Å². The first-order chi connectivity index (χ1) is 10.3. The van der Waals surface area contributed by atoms with Gasteiger partial charge in [-0.2, -0.15) is 0 Å². The molecule has 0 unspecified atom stereocenters. The Hall–Kier alpha value is -1.69. The predicted octanol–water partition coefficient (Wildman–Crippen LogP) is 2.45. The second-order valence-corrected chi connectivity index (χ2v) is 6.81. The van der Waals surface area contributed by atoms with Crippen LogP contribution in [-0.2, 0) is 10.2 Å². The molecule has 1 fully saturated rings. The molecular formula is C16H24FN3O2. The third kappa shape index (κ3) is 3.74. The average molecular weight is 309 g/mol. The first kappa shape index (κ1) is 16.7. The van der Waals surface area contributed by atoms with Crippen molar-refractivity contribution in [2.45, 2.75) is 44.6 Å². The number of nitrogens with two attached hydrogens (primary N) is 1. The Morgan fingerprint density at radius 3 is 2.50 bits per heavy atom. The van der Waals surface area contributed by atoms with E-state index < -0.39 is 5.60 Å². The van der Waals surface area contributed by atoms with Crippen molar-refractivity contribution in [3.8, 4) is 0 Å². The van der Waals surface area contributed by atoms with Gasteiger partial charge in [-0.25, -0.2) is 9.18 Å². The van der Waals surface area contributed by atoms with Gasteiger partial charge in [0, 0.05) is 30.7 Å². The van der Waals surface area contributed by atoms with E-state index >= 15 is 0 Å². The quantitative estimate of drug-likeness (QED) is 0.911. The second-order valence-electron chi connectivity index (χ2n) is 6.81. The van der Waals surface area contributed by atoms with Crippen LogP contribution in [0.2, 0.25) is 0 Å². The molecule has 2 heterocycles. The topological polar surface area (TPSA) is 68.5 Å². The smallest absolute Gasteiger partial charge is 0.410 e. The normalized spacial score (nSPS) is 18.1. The summed E-state index contributed by atoms with van der Waals surface area (Å²) in [6, 6.07) is 3.09. The summed E-state index contributed by atoms with van der Waals surface area (Å²) in [7, 11) is 0. The number of carbonyl (C=O) groups excluding carboxylic acids is 1. The van der Waals surface area contributed by atoms with Crippen LogP contribution in [0.1, 0.15) is 39.3 Å². The minimum absolute atomic E-state index is 0.299. The number of rotatable bonds is 2. The molecule has 0 aliphatic carbocycles. The van der Waals surface area contributed by atoms with Gasteiger partial charge < -0.3 is 15.4 Å². The molecule has 1 aliphatic rings. The number of piperidine rings is 1. The van der Waals surface area contributed by atoms with Crippen LogP contribution in [0.25, 0.3) is 0 Å². The van der Waals surface area contributed by atoms with E-state index in [1.54, 1.807) is 11.0 Å². The maximum absolute atomic E-state index is 13.0. The summed E-state index contributed by atoms with van der Waals surface area (Å²) in [6.07, 6.45) is 2.31. The van der Waals surface area contributed by atoms with Gasteiger partial charge in [-0.15, -0.1) is 0 Å². The maximum atomic E-state index is 13.0. The summed E-state index contributed by atoms with van der Waals surface area (Å²) in [5.41, 5.74) is 5.95. The minimum Gasteiger partial charge on any atom is -0.444 e. The zero-order valence-electron chi connectivity index (χ0n) is 13.4. The summed E-state index contributed by atoms with van der Waals surface area (Å²) < 4.78 is 18.4. The average Bonchev–Trinajstić information content (AvgIpc) is 2.46. The number of carbonyl (C=O) groups is 1. The Bertz CT molecular complexity index is 517. The van der Waals surface area contributed by atoms with Gasteiger partial charge in [-0.1, -0.05) is 0 Å². The van der Waals surface area contributed by atoms with Gasteiger partial charge in [-0.3, -0.25) is 4.98 Å². The molecule has 1 saturated heterocycles. The zero-order valence-corrected chi connectivity index (χ0v) is 13.4. The van der Waals surface area contributed by atoms with Gasteiger partial charge in [0.05, 0.1) is 6.20 Å². The SMILES string of the molecule is CC(C)(C)OC(=O)N1CCC(CN)(c2ccc(F)cn2)CC1. The number of aromatic nitrogens is 1. The van der Waals surface area contributed by atoms with Gasteiger partial charge >= 0.3 is 6.09 Å². The molecule has 0 spiro atoms. The van der Waals surface area contributed by atoms with E-state index in [1.807, 2.05) is 20.8 Å². The molecule has 0 aromatic carbocycles. The molecular weight excluding hydrogens is 285 g/mol. The van der Waals surface area contributed by atoms with Crippen LogP contribution in [-0.4, -0.2) is 41.2 Å². The molecule has 5 nitrogen and oxygen atoms in total. The highest BCUT2D eigenvalue weighted by Crippen LogP contribution is 2.33.